The van der Waals surface area contributed by atoms with Crippen molar-refractivity contribution in [2.45, 2.75) is 0 Å². The van der Waals surface area contributed by atoms with Crippen LogP contribution in [0.25, 0.3) is 88.0 Å². The monoisotopic (exact) mass is 596 g/mol. The van der Waals surface area contributed by atoms with Crippen molar-refractivity contribution in [2.24, 2.45) is 0 Å². The molecule has 45 heavy (non-hydrogen) atoms. The van der Waals surface area contributed by atoms with E-state index in [4.69, 9.17) is 27.7 Å². The molecule has 210 valence electrons. The molecular weight excluding hydrogens is 544 g/mol. The number of furan rings is 1. The largest absolute Gasteiger partial charge is 0.456 e. The molecule has 0 N–H and O–H groups in total. The molecule has 0 fully saturated rings. The molecule has 9 aromatic rings. The molecule has 0 spiro atoms. The molecule has 0 radical (unpaired) electrons. The molecule has 1 heterocycles. The van der Waals surface area contributed by atoms with Gasteiger partial charge in [-0.1, -0.05) is 145 Å². The Hall–Kier alpha value is -5.92. The van der Waals surface area contributed by atoms with Crippen molar-refractivity contribution >= 4 is 43.5 Å². The zero-order chi connectivity index (χ0) is 50.6. The van der Waals surface area contributed by atoms with Gasteiger partial charge in [-0.2, -0.15) is 0 Å². The first kappa shape index (κ1) is 11.2. The van der Waals surface area contributed by atoms with Gasteiger partial charge in [0, 0.05) is 10.8 Å². The summed E-state index contributed by atoms with van der Waals surface area (Å²) >= 11 is 0. The first-order valence-electron chi connectivity index (χ1n) is 25.5. The van der Waals surface area contributed by atoms with Crippen LogP contribution in [0.2, 0.25) is 0 Å². The first-order chi connectivity index (χ1) is 32.3. The minimum absolute atomic E-state index is 0.0106. The zero-order valence-corrected chi connectivity index (χ0v) is 22.7. The van der Waals surface area contributed by atoms with Gasteiger partial charge in [-0.05, 0) is 90.2 Å². The molecule has 0 bridgehead atoms. The molecular formula is C44H28O. The fourth-order valence-electron chi connectivity index (χ4n) is 5.53. The quantitative estimate of drug-likeness (QED) is 0.184. The summed E-state index contributed by atoms with van der Waals surface area (Å²) in [5.74, 6) is 0. The zero-order valence-electron chi connectivity index (χ0n) is 46.7. The summed E-state index contributed by atoms with van der Waals surface area (Å²) in [6, 6.07) is -12.9. The normalized spacial score (nSPS) is 19.0. The van der Waals surface area contributed by atoms with E-state index < -0.39 is 200 Å². The number of hydrogen-bond acceptors (Lipinski definition) is 1. The van der Waals surface area contributed by atoms with Crippen molar-refractivity contribution in [3.8, 4) is 44.5 Å². The maximum atomic E-state index is 9.30. The van der Waals surface area contributed by atoms with Crippen molar-refractivity contribution in [1.82, 2.24) is 0 Å². The van der Waals surface area contributed by atoms with Gasteiger partial charge in [0.05, 0.1) is 32.9 Å². The van der Waals surface area contributed by atoms with Crippen molar-refractivity contribution in [3.63, 3.8) is 0 Å². The third-order valence-corrected chi connectivity index (χ3v) is 7.39. The maximum absolute atomic E-state index is 9.30. The van der Waals surface area contributed by atoms with Crippen LogP contribution < -0.4 is 0 Å². The van der Waals surface area contributed by atoms with Gasteiger partial charge >= 0.3 is 0 Å². The van der Waals surface area contributed by atoms with Gasteiger partial charge in [0.2, 0.25) is 0 Å². The van der Waals surface area contributed by atoms with E-state index in [-0.39, 0.29) is 33.0 Å². The molecule has 0 saturated heterocycles. The molecule has 0 unspecified atom stereocenters. The van der Waals surface area contributed by atoms with Gasteiger partial charge in [-0.25, -0.2) is 0 Å². The summed E-state index contributed by atoms with van der Waals surface area (Å²) in [6.45, 7) is 0. The summed E-state index contributed by atoms with van der Waals surface area (Å²) in [4.78, 5) is 0. The molecule has 8 aromatic carbocycles. The Bertz CT molecular complexity index is 3750. The Labute approximate surface area is 295 Å². The van der Waals surface area contributed by atoms with E-state index in [0.29, 0.717) is 0 Å². The van der Waals surface area contributed by atoms with Gasteiger partial charge in [-0.3, -0.25) is 0 Å². The Morgan fingerprint density at radius 2 is 0.978 bits per heavy atom. The third-order valence-electron chi connectivity index (χ3n) is 7.39. The van der Waals surface area contributed by atoms with E-state index in [2.05, 4.69) is 0 Å². The number of rotatable bonds is 4. The highest BCUT2D eigenvalue weighted by atomic mass is 16.3. The number of hydrogen-bond donors (Lipinski definition) is 0. The Kier molecular flexibility index (Phi) is 2.58. The molecule has 1 aromatic heterocycles. The fourth-order valence-corrected chi connectivity index (χ4v) is 5.53. The fraction of sp³-hybridized carbons (Fsp3) is 0. The van der Waals surface area contributed by atoms with Crippen LogP contribution >= 0.6 is 0 Å². The molecule has 0 aliphatic rings. The van der Waals surface area contributed by atoms with E-state index in [0.717, 1.165) is 0 Å². The first-order valence-corrected chi connectivity index (χ1v) is 13.5. The highest BCUT2D eigenvalue weighted by molar-refractivity contribution is 6.21. The lowest BCUT2D eigenvalue weighted by atomic mass is 9.85. The molecule has 0 amide bonds. The number of fused-ring (bicyclic) bond motifs is 5. The minimum Gasteiger partial charge on any atom is -0.456 e. The molecule has 0 saturated carbocycles. The van der Waals surface area contributed by atoms with Crippen molar-refractivity contribution < 1.29 is 37.3 Å². The second-order valence-electron chi connectivity index (χ2n) is 9.84. The standard InChI is InChI=1S/C44H28O/c1-3-13-29(14-4-1)31-25-26-39-41(28-31)45-40-24-12-23-34(44(39)40)32-17-11-18-33(27-32)43-37-21-9-7-19-35(37)42(30-15-5-2-6-16-30)36-20-8-10-22-38(36)43/h1-28H/i1D,2D,3D,4D,5D,6D,7D,8D,9D,10D,12D,13D,14D,15D,16D,19D,20D,21D,22D,23D,24D,25D,26D,28D. The highest BCUT2D eigenvalue weighted by Crippen LogP contribution is 2.45. The van der Waals surface area contributed by atoms with E-state index in [1.165, 1.54) is 24.3 Å². The van der Waals surface area contributed by atoms with Crippen LogP contribution in [0, 0.1) is 0 Å². The lowest BCUT2D eigenvalue weighted by molar-refractivity contribution is 0.669. The Balaban J connectivity index is 1.46. The maximum Gasteiger partial charge on any atom is 0.136 e. The van der Waals surface area contributed by atoms with E-state index >= 15 is 0 Å². The van der Waals surface area contributed by atoms with Gasteiger partial charge in [0.25, 0.3) is 0 Å². The topological polar surface area (TPSA) is 13.1 Å². The van der Waals surface area contributed by atoms with Crippen LogP contribution in [0.1, 0.15) is 32.9 Å². The van der Waals surface area contributed by atoms with Gasteiger partial charge in [0.15, 0.2) is 0 Å². The molecule has 0 aliphatic carbocycles. The summed E-state index contributed by atoms with van der Waals surface area (Å²) in [7, 11) is 0. The minimum atomic E-state index is -0.835. The third kappa shape index (κ3) is 4.17. The van der Waals surface area contributed by atoms with Crippen LogP contribution in [-0.2, 0) is 0 Å². The van der Waals surface area contributed by atoms with E-state index in [1.54, 1.807) is 0 Å². The van der Waals surface area contributed by atoms with Crippen LogP contribution in [0.5, 0.6) is 0 Å². The Morgan fingerprint density at radius 3 is 1.64 bits per heavy atom. The summed E-state index contributed by atoms with van der Waals surface area (Å²) in [6.07, 6.45) is 0. The van der Waals surface area contributed by atoms with Gasteiger partial charge < -0.3 is 4.42 Å². The SMILES string of the molecule is [2H]c1c([2H])c([2H])c(-c2c([2H])c([2H])c3c(oc4c([2H])c([2H])c([2H])c(-c5cccc(-c6c7c([2H])c([2H])c([2H])c([2H])c7c(-c7c([2H])c([2H])c([2H])c([2H])c7[2H])c7c([2H])c([2H])c([2H])c([2H])c67)c5)c43)c2[2H])c([2H])c1[2H]. The molecule has 9 rings (SSSR count). The molecule has 1 nitrogen and oxygen atoms in total. The van der Waals surface area contributed by atoms with Gasteiger partial charge in [-0.15, -0.1) is 0 Å². The second-order valence-corrected chi connectivity index (χ2v) is 9.84. The van der Waals surface area contributed by atoms with Crippen LogP contribution in [0.15, 0.2) is 174 Å². The molecule has 0 aliphatic heterocycles. The predicted molar refractivity (Wildman–Crippen MR) is 190 cm³/mol. The smallest absolute Gasteiger partial charge is 0.136 e. The second kappa shape index (κ2) is 10.4. The average Bonchev–Trinajstić information content (AvgIpc) is 3.73. The summed E-state index contributed by atoms with van der Waals surface area (Å²) in [5.41, 5.74) is -3.67. The van der Waals surface area contributed by atoms with Crippen molar-refractivity contribution in [2.75, 3.05) is 0 Å². The van der Waals surface area contributed by atoms with Gasteiger partial charge in [0.1, 0.15) is 11.2 Å². The molecule has 0 atom stereocenters. The summed E-state index contributed by atoms with van der Waals surface area (Å²) < 4.78 is 217. The lowest BCUT2D eigenvalue weighted by Gasteiger charge is -2.18. The summed E-state index contributed by atoms with van der Waals surface area (Å²) in [5, 5.41) is -2.25. The predicted octanol–water partition coefficient (Wildman–Crippen LogP) is 12.6. The Morgan fingerprint density at radius 1 is 0.400 bits per heavy atom. The highest BCUT2D eigenvalue weighted by Gasteiger charge is 2.18. The molecule has 1 heteroatoms. The van der Waals surface area contributed by atoms with E-state index in [1.807, 2.05) is 0 Å². The van der Waals surface area contributed by atoms with Crippen LogP contribution in [0.3, 0.4) is 0 Å². The van der Waals surface area contributed by atoms with Crippen molar-refractivity contribution in [3.05, 3.63) is 169 Å². The average molecular weight is 597 g/mol. The van der Waals surface area contributed by atoms with Crippen LogP contribution in [-0.4, -0.2) is 0 Å². The number of benzene rings is 8. The van der Waals surface area contributed by atoms with Crippen LogP contribution in [0.4, 0.5) is 0 Å². The lowest BCUT2D eigenvalue weighted by Crippen LogP contribution is -1.91. The van der Waals surface area contributed by atoms with E-state index in [9.17, 15) is 9.60 Å². The van der Waals surface area contributed by atoms with Crippen molar-refractivity contribution in [1.29, 1.82) is 0 Å².